The summed E-state index contributed by atoms with van der Waals surface area (Å²) < 4.78 is 18.9. The number of nitrogens with zero attached hydrogens (tertiary/aromatic N) is 2. The molecule has 0 aliphatic heterocycles. The molecule has 2 aromatic rings. The van der Waals surface area contributed by atoms with Crippen LogP contribution in [-0.2, 0) is 13.0 Å². The lowest BCUT2D eigenvalue weighted by atomic mass is 10.1. The summed E-state index contributed by atoms with van der Waals surface area (Å²) in [5.41, 5.74) is 6.52. The van der Waals surface area contributed by atoms with Crippen molar-refractivity contribution in [2.24, 2.45) is 5.73 Å². The van der Waals surface area contributed by atoms with Crippen LogP contribution in [0.5, 0.6) is 5.75 Å². The smallest absolute Gasteiger partial charge is 0.166 e. The Hall–Kier alpha value is -2.01. The molecule has 0 amide bonds. The van der Waals surface area contributed by atoms with E-state index in [1.807, 2.05) is 6.92 Å². The third-order valence-corrected chi connectivity index (χ3v) is 2.48. The van der Waals surface area contributed by atoms with Crippen molar-refractivity contribution in [2.75, 3.05) is 0 Å². The van der Waals surface area contributed by atoms with E-state index in [0.29, 0.717) is 18.0 Å². The average Bonchev–Trinajstić information content (AvgIpc) is 2.36. The van der Waals surface area contributed by atoms with Crippen molar-refractivity contribution in [3.8, 4) is 5.75 Å². The van der Waals surface area contributed by atoms with Crippen molar-refractivity contribution in [1.82, 2.24) is 9.97 Å². The van der Waals surface area contributed by atoms with Gasteiger partial charge in [0, 0.05) is 24.5 Å². The molecule has 0 aliphatic carbocycles. The van der Waals surface area contributed by atoms with Crippen LogP contribution in [-0.4, -0.2) is 16.0 Å². The Balaban J connectivity index is 2.05. The van der Waals surface area contributed by atoms with Crippen molar-refractivity contribution in [1.29, 1.82) is 0 Å². The van der Waals surface area contributed by atoms with E-state index in [4.69, 9.17) is 10.5 Å². The average molecular weight is 261 g/mol. The summed E-state index contributed by atoms with van der Waals surface area (Å²) in [5.74, 6) is 0.686. The Kier molecular flexibility index (Phi) is 4.41. The van der Waals surface area contributed by atoms with Gasteiger partial charge in [0.05, 0.1) is 0 Å². The highest BCUT2D eigenvalue weighted by Crippen LogP contribution is 2.18. The first-order valence-electron chi connectivity index (χ1n) is 6.07. The summed E-state index contributed by atoms with van der Waals surface area (Å²) in [6.45, 7) is 2.09. The molecule has 0 radical (unpaired) electrons. The minimum Gasteiger partial charge on any atom is -0.485 e. The number of hydrogen-bond acceptors (Lipinski definition) is 4. The monoisotopic (exact) mass is 261 g/mol. The number of halogens is 1. The molecule has 1 atom stereocenters. The third kappa shape index (κ3) is 4.30. The van der Waals surface area contributed by atoms with Crippen molar-refractivity contribution >= 4 is 0 Å². The molecule has 0 saturated heterocycles. The van der Waals surface area contributed by atoms with Crippen LogP contribution in [0.4, 0.5) is 4.39 Å². The van der Waals surface area contributed by atoms with Crippen LogP contribution in [0.3, 0.4) is 0 Å². The van der Waals surface area contributed by atoms with Gasteiger partial charge in [-0.3, -0.25) is 0 Å². The summed E-state index contributed by atoms with van der Waals surface area (Å²) in [6.07, 6.45) is 3.88. The molecule has 5 heteroatoms. The second-order valence-electron chi connectivity index (χ2n) is 4.43. The van der Waals surface area contributed by atoms with Crippen LogP contribution in [0, 0.1) is 5.82 Å². The normalized spacial score (nSPS) is 12.2. The predicted octanol–water partition coefficient (Wildman–Crippen LogP) is 2.08. The number of rotatable bonds is 5. The molecule has 1 aromatic heterocycles. The highest BCUT2D eigenvalue weighted by Gasteiger charge is 2.05. The maximum atomic E-state index is 13.5. The second-order valence-corrected chi connectivity index (χ2v) is 4.43. The van der Waals surface area contributed by atoms with Crippen LogP contribution in [0.1, 0.15) is 18.3 Å². The quantitative estimate of drug-likeness (QED) is 0.895. The second kappa shape index (κ2) is 6.24. The summed E-state index contributed by atoms with van der Waals surface area (Å²) >= 11 is 0. The first-order valence-corrected chi connectivity index (χ1v) is 6.07. The maximum Gasteiger partial charge on any atom is 0.166 e. The van der Waals surface area contributed by atoms with E-state index in [-0.39, 0.29) is 18.5 Å². The molecule has 1 heterocycles. The number of nitrogens with two attached hydrogens (primary N) is 1. The predicted molar refractivity (Wildman–Crippen MR) is 70.1 cm³/mol. The molecule has 0 aliphatic rings. The number of hydrogen-bond donors (Lipinski definition) is 1. The van der Waals surface area contributed by atoms with Gasteiger partial charge in [-0.15, -0.1) is 0 Å². The highest BCUT2D eigenvalue weighted by atomic mass is 19.1. The van der Waals surface area contributed by atoms with Gasteiger partial charge in [-0.2, -0.15) is 0 Å². The minimum atomic E-state index is -0.331. The van der Waals surface area contributed by atoms with E-state index in [0.717, 1.165) is 5.56 Å². The summed E-state index contributed by atoms with van der Waals surface area (Å²) in [4.78, 5) is 8.07. The molecule has 0 fully saturated rings. The zero-order chi connectivity index (χ0) is 13.7. The lowest BCUT2D eigenvalue weighted by Crippen LogP contribution is -2.17. The topological polar surface area (TPSA) is 61.0 Å². The molecular weight excluding hydrogens is 245 g/mol. The van der Waals surface area contributed by atoms with E-state index in [2.05, 4.69) is 9.97 Å². The van der Waals surface area contributed by atoms with Gasteiger partial charge in [-0.25, -0.2) is 14.4 Å². The molecule has 2 rings (SSSR count). The standard InChI is InChI=1S/C14H16FN3O/c1-10(16)5-11-6-12(15)8-13(7-11)19-9-14-17-3-2-4-18-14/h2-4,6-8,10H,5,9,16H2,1H3. The molecule has 0 saturated carbocycles. The van der Waals surface area contributed by atoms with Crippen molar-refractivity contribution in [3.05, 3.63) is 53.9 Å². The first kappa shape index (κ1) is 13.4. The van der Waals surface area contributed by atoms with Gasteiger partial charge in [0.2, 0.25) is 0 Å². The van der Waals surface area contributed by atoms with Gasteiger partial charge < -0.3 is 10.5 Å². The largest absolute Gasteiger partial charge is 0.485 e. The van der Waals surface area contributed by atoms with Gasteiger partial charge in [0.1, 0.15) is 18.2 Å². The number of ether oxygens (including phenoxy) is 1. The van der Waals surface area contributed by atoms with E-state index < -0.39 is 0 Å². The summed E-state index contributed by atoms with van der Waals surface area (Å²) in [7, 11) is 0. The molecule has 19 heavy (non-hydrogen) atoms. The number of benzene rings is 1. The summed E-state index contributed by atoms with van der Waals surface area (Å²) in [5, 5.41) is 0. The van der Waals surface area contributed by atoms with E-state index in [1.54, 1.807) is 24.5 Å². The Labute approximate surface area is 111 Å². The Morgan fingerprint density at radius 2 is 2.00 bits per heavy atom. The summed E-state index contributed by atoms with van der Waals surface area (Å²) in [6, 6.07) is 6.30. The molecule has 100 valence electrons. The SMILES string of the molecule is CC(N)Cc1cc(F)cc(OCc2ncccn2)c1. The Bertz CT molecular complexity index is 531. The highest BCUT2D eigenvalue weighted by molar-refractivity contribution is 5.30. The van der Waals surface area contributed by atoms with Crippen LogP contribution in [0.25, 0.3) is 0 Å². The lowest BCUT2D eigenvalue weighted by Gasteiger charge is -2.09. The van der Waals surface area contributed by atoms with Gasteiger partial charge in [-0.1, -0.05) is 0 Å². The fourth-order valence-corrected chi connectivity index (χ4v) is 1.75. The molecular formula is C14H16FN3O. The molecule has 1 unspecified atom stereocenters. The van der Waals surface area contributed by atoms with Crippen LogP contribution < -0.4 is 10.5 Å². The van der Waals surface area contributed by atoms with Crippen LogP contribution in [0.15, 0.2) is 36.7 Å². The Morgan fingerprint density at radius 3 is 2.68 bits per heavy atom. The van der Waals surface area contributed by atoms with Crippen LogP contribution in [0.2, 0.25) is 0 Å². The lowest BCUT2D eigenvalue weighted by molar-refractivity contribution is 0.294. The van der Waals surface area contributed by atoms with Crippen molar-refractivity contribution < 1.29 is 9.13 Å². The molecule has 0 spiro atoms. The Morgan fingerprint density at radius 1 is 1.26 bits per heavy atom. The molecule has 1 aromatic carbocycles. The fraction of sp³-hybridized carbons (Fsp3) is 0.286. The first-order chi connectivity index (χ1) is 9.13. The van der Waals surface area contributed by atoms with Crippen molar-refractivity contribution in [2.45, 2.75) is 26.0 Å². The van der Waals surface area contributed by atoms with Gasteiger partial charge in [0.15, 0.2) is 5.82 Å². The zero-order valence-electron chi connectivity index (χ0n) is 10.7. The van der Waals surface area contributed by atoms with Crippen molar-refractivity contribution in [3.63, 3.8) is 0 Å². The van der Waals surface area contributed by atoms with Crippen LogP contribution >= 0.6 is 0 Å². The van der Waals surface area contributed by atoms with E-state index >= 15 is 0 Å². The molecule has 4 nitrogen and oxygen atoms in total. The van der Waals surface area contributed by atoms with Gasteiger partial charge in [0.25, 0.3) is 0 Å². The molecule has 0 bridgehead atoms. The third-order valence-electron chi connectivity index (χ3n) is 2.48. The van der Waals surface area contributed by atoms with Gasteiger partial charge >= 0.3 is 0 Å². The zero-order valence-corrected chi connectivity index (χ0v) is 10.7. The molecule has 2 N–H and O–H groups in total. The van der Waals surface area contributed by atoms with Gasteiger partial charge in [-0.05, 0) is 37.1 Å². The fourth-order valence-electron chi connectivity index (χ4n) is 1.75. The van der Waals surface area contributed by atoms with E-state index in [9.17, 15) is 4.39 Å². The number of aromatic nitrogens is 2. The minimum absolute atomic E-state index is 0.0212. The maximum absolute atomic E-state index is 13.5. The van der Waals surface area contributed by atoms with E-state index in [1.165, 1.54) is 12.1 Å².